The minimum atomic E-state index is 0. The van der Waals surface area contributed by atoms with Crippen LogP contribution in [-0.2, 0) is 4.79 Å². The summed E-state index contributed by atoms with van der Waals surface area (Å²) in [5.41, 5.74) is 3.35. The second-order valence-corrected chi connectivity index (χ2v) is 8.64. The third-order valence-electron chi connectivity index (χ3n) is 6.01. The van der Waals surface area contributed by atoms with Crippen LogP contribution in [0, 0.1) is 0 Å². The van der Waals surface area contributed by atoms with Crippen LogP contribution in [0.4, 0.5) is 11.4 Å². The van der Waals surface area contributed by atoms with Crippen molar-refractivity contribution in [3.63, 3.8) is 0 Å². The van der Waals surface area contributed by atoms with Crippen molar-refractivity contribution in [3.05, 3.63) is 54.1 Å². The van der Waals surface area contributed by atoms with E-state index in [0.29, 0.717) is 12.3 Å². The van der Waals surface area contributed by atoms with E-state index in [0.717, 1.165) is 63.4 Å². The molecule has 1 fully saturated rings. The summed E-state index contributed by atoms with van der Waals surface area (Å²) in [5.74, 6) is 1.53. The molecule has 0 spiro atoms. The number of anilines is 2. The van der Waals surface area contributed by atoms with Crippen molar-refractivity contribution in [2.45, 2.75) is 45.4 Å². The number of nitrogens with one attached hydrogen (secondary N) is 1. The fourth-order valence-corrected chi connectivity index (χ4v) is 4.10. The Hall–Kier alpha value is -2.24. The van der Waals surface area contributed by atoms with Gasteiger partial charge in [-0.05, 0) is 55.1 Å². The Morgan fingerprint density at radius 1 is 1.00 bits per heavy atom. The average molecular weight is 460 g/mol. The molecule has 2 aromatic carbocycles. The van der Waals surface area contributed by atoms with E-state index in [1.165, 1.54) is 11.3 Å². The van der Waals surface area contributed by atoms with Gasteiger partial charge in [-0.1, -0.05) is 44.5 Å². The van der Waals surface area contributed by atoms with Gasteiger partial charge in [-0.3, -0.25) is 9.69 Å². The Bertz CT molecular complexity index is 835. The van der Waals surface area contributed by atoms with Gasteiger partial charge in [0.15, 0.2) is 0 Å². The summed E-state index contributed by atoms with van der Waals surface area (Å²) < 4.78 is 5.50. The average Bonchev–Trinajstić information content (AvgIpc) is 2.79. The molecule has 1 saturated heterocycles. The monoisotopic (exact) mass is 459 g/mol. The van der Waals surface area contributed by atoms with Crippen molar-refractivity contribution in [1.82, 2.24) is 4.90 Å². The Morgan fingerprint density at radius 3 is 2.47 bits per heavy atom. The van der Waals surface area contributed by atoms with Crippen LogP contribution < -0.4 is 15.0 Å². The van der Waals surface area contributed by atoms with Gasteiger partial charge in [0.1, 0.15) is 5.75 Å². The molecular formula is C26H38ClN3O2. The SMILES string of the molecule is COc1ccccc1N1CCN(CCCCCC(=O)Nc2cccc(C(C)C)c2)CC1.Cl. The number of amides is 1. The number of unbranched alkanes of at least 4 members (excludes halogenated alkanes) is 2. The maximum atomic E-state index is 12.2. The normalized spacial score (nSPS) is 14.2. The summed E-state index contributed by atoms with van der Waals surface area (Å²) in [6, 6.07) is 16.4. The van der Waals surface area contributed by atoms with Gasteiger partial charge in [0.2, 0.25) is 5.91 Å². The first-order valence-electron chi connectivity index (χ1n) is 11.6. The number of para-hydroxylation sites is 2. The lowest BCUT2D eigenvalue weighted by atomic mass is 10.0. The van der Waals surface area contributed by atoms with Crippen LogP contribution in [0.2, 0.25) is 0 Å². The largest absolute Gasteiger partial charge is 0.495 e. The Kier molecular flexibility index (Phi) is 10.8. The third-order valence-corrected chi connectivity index (χ3v) is 6.01. The molecule has 5 nitrogen and oxygen atoms in total. The van der Waals surface area contributed by atoms with Gasteiger partial charge < -0.3 is 15.0 Å². The number of carbonyl (C=O) groups excluding carboxylic acids is 1. The first-order valence-corrected chi connectivity index (χ1v) is 11.6. The van der Waals surface area contributed by atoms with Gasteiger partial charge in [-0.2, -0.15) is 0 Å². The minimum Gasteiger partial charge on any atom is -0.495 e. The van der Waals surface area contributed by atoms with E-state index >= 15 is 0 Å². The van der Waals surface area contributed by atoms with Crippen LogP contribution in [0.5, 0.6) is 5.75 Å². The van der Waals surface area contributed by atoms with E-state index in [1.807, 2.05) is 24.3 Å². The highest BCUT2D eigenvalue weighted by Crippen LogP contribution is 2.28. The summed E-state index contributed by atoms with van der Waals surface area (Å²) in [5, 5.41) is 3.04. The van der Waals surface area contributed by atoms with Crippen LogP contribution in [0.3, 0.4) is 0 Å². The number of rotatable bonds is 10. The quantitative estimate of drug-likeness (QED) is 0.472. The Morgan fingerprint density at radius 2 is 1.75 bits per heavy atom. The molecule has 3 rings (SSSR count). The zero-order valence-corrected chi connectivity index (χ0v) is 20.5. The predicted molar refractivity (Wildman–Crippen MR) is 137 cm³/mol. The van der Waals surface area contributed by atoms with Gasteiger partial charge in [0.05, 0.1) is 12.8 Å². The summed E-state index contributed by atoms with van der Waals surface area (Å²) in [7, 11) is 1.73. The number of carbonyl (C=O) groups is 1. The minimum absolute atomic E-state index is 0. The molecular weight excluding hydrogens is 422 g/mol. The fraction of sp³-hybridized carbons (Fsp3) is 0.500. The number of ether oxygens (including phenoxy) is 1. The van der Waals surface area contributed by atoms with Crippen LogP contribution >= 0.6 is 12.4 Å². The highest BCUT2D eigenvalue weighted by Gasteiger charge is 2.19. The molecule has 0 aromatic heterocycles. The molecule has 0 atom stereocenters. The van der Waals surface area contributed by atoms with Gasteiger partial charge in [-0.25, -0.2) is 0 Å². The first-order chi connectivity index (χ1) is 15.1. The molecule has 2 aromatic rings. The predicted octanol–water partition coefficient (Wildman–Crippen LogP) is 5.56. The van der Waals surface area contributed by atoms with Gasteiger partial charge >= 0.3 is 0 Å². The molecule has 1 N–H and O–H groups in total. The van der Waals surface area contributed by atoms with Crippen molar-refractivity contribution >= 4 is 29.7 Å². The van der Waals surface area contributed by atoms with E-state index in [9.17, 15) is 4.79 Å². The lowest BCUT2D eigenvalue weighted by Gasteiger charge is -2.36. The standard InChI is InChI=1S/C26H37N3O2.ClH/c1-21(2)22-10-9-11-23(20-22)27-26(30)14-5-4-8-15-28-16-18-29(19-17-28)24-12-6-7-13-25(24)31-3;/h6-7,9-13,20-21H,4-5,8,14-19H2,1-3H3,(H,27,30);1H. The molecule has 0 bridgehead atoms. The molecule has 0 radical (unpaired) electrons. The van der Waals surface area contributed by atoms with Gasteiger partial charge in [-0.15, -0.1) is 12.4 Å². The topological polar surface area (TPSA) is 44.8 Å². The number of methoxy groups -OCH3 is 1. The van der Waals surface area contributed by atoms with E-state index in [2.05, 4.69) is 53.2 Å². The number of piperazine rings is 1. The highest BCUT2D eigenvalue weighted by molar-refractivity contribution is 5.90. The Balaban J connectivity index is 0.00000363. The molecule has 32 heavy (non-hydrogen) atoms. The molecule has 176 valence electrons. The number of hydrogen-bond acceptors (Lipinski definition) is 4. The summed E-state index contributed by atoms with van der Waals surface area (Å²) in [6.45, 7) is 9.64. The van der Waals surface area contributed by atoms with E-state index in [1.54, 1.807) is 7.11 Å². The third kappa shape index (κ3) is 7.72. The number of hydrogen-bond donors (Lipinski definition) is 1. The van der Waals surface area contributed by atoms with Crippen LogP contribution in [-0.4, -0.2) is 50.6 Å². The van der Waals surface area contributed by atoms with Gasteiger partial charge in [0, 0.05) is 38.3 Å². The fourth-order valence-electron chi connectivity index (χ4n) is 4.10. The van der Waals surface area contributed by atoms with E-state index < -0.39 is 0 Å². The number of halogens is 1. The van der Waals surface area contributed by atoms with Crippen molar-refractivity contribution in [3.8, 4) is 5.75 Å². The van der Waals surface area contributed by atoms with E-state index in [4.69, 9.17) is 4.74 Å². The molecule has 0 saturated carbocycles. The van der Waals surface area contributed by atoms with Crippen LogP contribution in [0.15, 0.2) is 48.5 Å². The Labute approximate surface area is 199 Å². The molecule has 0 unspecified atom stereocenters. The van der Waals surface area contributed by atoms with Crippen LogP contribution in [0.25, 0.3) is 0 Å². The molecule has 1 aliphatic rings. The smallest absolute Gasteiger partial charge is 0.224 e. The lowest BCUT2D eigenvalue weighted by Crippen LogP contribution is -2.46. The first kappa shape index (κ1) is 26.0. The molecule has 0 aliphatic carbocycles. The van der Waals surface area contributed by atoms with Crippen molar-refractivity contribution in [2.24, 2.45) is 0 Å². The van der Waals surface area contributed by atoms with Crippen molar-refractivity contribution in [1.29, 1.82) is 0 Å². The lowest BCUT2D eigenvalue weighted by molar-refractivity contribution is -0.116. The molecule has 6 heteroatoms. The summed E-state index contributed by atoms with van der Waals surface area (Å²) in [6.07, 6.45) is 3.77. The molecule has 1 aliphatic heterocycles. The van der Waals surface area contributed by atoms with Crippen molar-refractivity contribution in [2.75, 3.05) is 50.1 Å². The second-order valence-electron chi connectivity index (χ2n) is 8.64. The van der Waals surface area contributed by atoms with E-state index in [-0.39, 0.29) is 18.3 Å². The maximum absolute atomic E-state index is 12.2. The zero-order valence-electron chi connectivity index (χ0n) is 19.7. The molecule has 1 amide bonds. The number of benzene rings is 2. The highest BCUT2D eigenvalue weighted by atomic mass is 35.5. The second kappa shape index (κ2) is 13.3. The molecule has 1 heterocycles. The van der Waals surface area contributed by atoms with Crippen LogP contribution in [0.1, 0.15) is 51.0 Å². The maximum Gasteiger partial charge on any atom is 0.224 e. The van der Waals surface area contributed by atoms with Gasteiger partial charge in [0.25, 0.3) is 0 Å². The zero-order chi connectivity index (χ0) is 22.1. The number of nitrogens with zero attached hydrogens (tertiary/aromatic N) is 2. The summed E-state index contributed by atoms with van der Waals surface area (Å²) in [4.78, 5) is 17.2. The van der Waals surface area contributed by atoms with Crippen molar-refractivity contribution < 1.29 is 9.53 Å². The summed E-state index contributed by atoms with van der Waals surface area (Å²) >= 11 is 0.